The average molecular weight is 331 g/mol. The minimum absolute atomic E-state index is 0.283. The SMILES string of the molecule is CCCCCC1COC(c2ccc(Br)c(F)c2)OC1. The number of hydrogen-bond donors (Lipinski definition) is 0. The molecular weight excluding hydrogens is 311 g/mol. The molecular formula is C15H20BrFO2. The fraction of sp³-hybridized carbons (Fsp3) is 0.600. The first kappa shape index (κ1) is 14.9. The second-order valence-corrected chi connectivity index (χ2v) is 5.89. The van der Waals surface area contributed by atoms with Crippen molar-refractivity contribution in [1.82, 2.24) is 0 Å². The Hall–Kier alpha value is -0.450. The van der Waals surface area contributed by atoms with E-state index in [1.807, 2.05) is 6.07 Å². The van der Waals surface area contributed by atoms with Gasteiger partial charge in [0.1, 0.15) is 5.82 Å². The number of hydrogen-bond acceptors (Lipinski definition) is 2. The van der Waals surface area contributed by atoms with Gasteiger partial charge in [-0.1, -0.05) is 32.3 Å². The summed E-state index contributed by atoms with van der Waals surface area (Å²) >= 11 is 3.14. The van der Waals surface area contributed by atoms with Crippen LogP contribution in [0.4, 0.5) is 4.39 Å². The molecule has 0 N–H and O–H groups in total. The molecule has 0 aliphatic carbocycles. The Morgan fingerprint density at radius 3 is 2.63 bits per heavy atom. The highest BCUT2D eigenvalue weighted by atomic mass is 79.9. The third-order valence-electron chi connectivity index (χ3n) is 3.40. The first-order chi connectivity index (χ1) is 9.20. The molecule has 0 saturated carbocycles. The fourth-order valence-corrected chi connectivity index (χ4v) is 2.49. The fourth-order valence-electron chi connectivity index (χ4n) is 2.24. The van der Waals surface area contributed by atoms with Gasteiger partial charge in [0.25, 0.3) is 0 Å². The Morgan fingerprint density at radius 1 is 1.26 bits per heavy atom. The van der Waals surface area contributed by atoms with Gasteiger partial charge in [0.15, 0.2) is 6.29 Å². The standard InChI is InChI=1S/C15H20BrFO2/c1-2-3-4-5-11-9-18-15(19-10-11)12-6-7-13(16)14(17)8-12/h6-8,11,15H,2-5,9-10H2,1H3. The summed E-state index contributed by atoms with van der Waals surface area (Å²) < 4.78 is 25.3. The van der Waals surface area contributed by atoms with Crippen molar-refractivity contribution in [3.63, 3.8) is 0 Å². The second kappa shape index (κ2) is 7.36. The van der Waals surface area contributed by atoms with E-state index in [1.54, 1.807) is 6.07 Å². The van der Waals surface area contributed by atoms with E-state index in [0.29, 0.717) is 23.6 Å². The number of halogens is 2. The molecule has 2 rings (SSSR count). The predicted octanol–water partition coefficient (Wildman–Crippen LogP) is 4.83. The molecule has 1 aliphatic rings. The van der Waals surface area contributed by atoms with Gasteiger partial charge in [-0.3, -0.25) is 0 Å². The van der Waals surface area contributed by atoms with E-state index in [1.165, 1.54) is 25.3 Å². The van der Waals surface area contributed by atoms with Crippen molar-refractivity contribution in [3.05, 3.63) is 34.1 Å². The van der Waals surface area contributed by atoms with Gasteiger partial charge < -0.3 is 9.47 Å². The number of unbranched alkanes of at least 4 members (excludes halogenated alkanes) is 2. The molecule has 0 bridgehead atoms. The zero-order valence-electron chi connectivity index (χ0n) is 11.2. The van der Waals surface area contributed by atoms with E-state index in [0.717, 1.165) is 12.0 Å². The summed E-state index contributed by atoms with van der Waals surface area (Å²) in [5.41, 5.74) is 0.743. The molecule has 1 fully saturated rings. The maximum atomic E-state index is 13.5. The van der Waals surface area contributed by atoms with Crippen LogP contribution in [0.15, 0.2) is 22.7 Å². The zero-order chi connectivity index (χ0) is 13.7. The molecule has 0 atom stereocenters. The van der Waals surface area contributed by atoms with Crippen LogP contribution < -0.4 is 0 Å². The lowest BCUT2D eigenvalue weighted by atomic mass is 10.0. The van der Waals surface area contributed by atoms with Crippen LogP contribution in [0.3, 0.4) is 0 Å². The van der Waals surface area contributed by atoms with Gasteiger partial charge in [-0.25, -0.2) is 4.39 Å². The highest BCUT2D eigenvalue weighted by molar-refractivity contribution is 9.10. The normalized spacial score (nSPS) is 23.5. The largest absolute Gasteiger partial charge is 0.348 e. The molecule has 2 nitrogen and oxygen atoms in total. The lowest BCUT2D eigenvalue weighted by Gasteiger charge is -2.29. The first-order valence-electron chi connectivity index (χ1n) is 6.89. The minimum atomic E-state index is -0.426. The van der Waals surface area contributed by atoms with Gasteiger partial charge in [0.05, 0.1) is 17.7 Å². The van der Waals surface area contributed by atoms with Crippen LogP contribution in [0.2, 0.25) is 0 Å². The van der Waals surface area contributed by atoms with Crippen LogP contribution in [-0.4, -0.2) is 13.2 Å². The third-order valence-corrected chi connectivity index (χ3v) is 4.04. The van der Waals surface area contributed by atoms with E-state index in [4.69, 9.17) is 9.47 Å². The Labute approximate surface area is 122 Å². The topological polar surface area (TPSA) is 18.5 Å². The quantitative estimate of drug-likeness (QED) is 0.720. The second-order valence-electron chi connectivity index (χ2n) is 5.03. The smallest absolute Gasteiger partial charge is 0.183 e. The molecule has 1 saturated heterocycles. The Bertz CT molecular complexity index is 403. The van der Waals surface area contributed by atoms with Crippen LogP contribution in [0, 0.1) is 11.7 Å². The summed E-state index contributed by atoms with van der Waals surface area (Å²) in [5, 5.41) is 0. The summed E-state index contributed by atoms with van der Waals surface area (Å²) in [7, 11) is 0. The molecule has 0 spiro atoms. The minimum Gasteiger partial charge on any atom is -0.348 e. The summed E-state index contributed by atoms with van der Waals surface area (Å²) in [5.74, 6) is 0.192. The van der Waals surface area contributed by atoms with E-state index in [2.05, 4.69) is 22.9 Å². The van der Waals surface area contributed by atoms with E-state index in [9.17, 15) is 4.39 Å². The number of benzene rings is 1. The molecule has 106 valence electrons. The van der Waals surface area contributed by atoms with Crippen molar-refractivity contribution in [3.8, 4) is 0 Å². The summed E-state index contributed by atoms with van der Waals surface area (Å²) in [6.45, 7) is 3.60. The zero-order valence-corrected chi connectivity index (χ0v) is 12.8. The van der Waals surface area contributed by atoms with Crippen LogP contribution >= 0.6 is 15.9 Å². The van der Waals surface area contributed by atoms with Crippen molar-refractivity contribution < 1.29 is 13.9 Å². The van der Waals surface area contributed by atoms with E-state index in [-0.39, 0.29) is 5.82 Å². The van der Waals surface area contributed by atoms with Crippen LogP contribution in [0.25, 0.3) is 0 Å². The van der Waals surface area contributed by atoms with Gasteiger partial charge in [-0.15, -0.1) is 0 Å². The van der Waals surface area contributed by atoms with E-state index < -0.39 is 6.29 Å². The van der Waals surface area contributed by atoms with Gasteiger partial charge in [0.2, 0.25) is 0 Å². The summed E-state index contributed by atoms with van der Waals surface area (Å²) in [6, 6.07) is 4.98. The molecule has 1 aromatic rings. The summed E-state index contributed by atoms with van der Waals surface area (Å²) in [6.07, 6.45) is 4.44. The lowest BCUT2D eigenvalue weighted by molar-refractivity contribution is -0.206. The van der Waals surface area contributed by atoms with Crippen molar-refractivity contribution >= 4 is 15.9 Å². The first-order valence-corrected chi connectivity index (χ1v) is 7.68. The highest BCUT2D eigenvalue weighted by Crippen LogP contribution is 2.29. The Morgan fingerprint density at radius 2 is 2.00 bits per heavy atom. The number of ether oxygens (including phenoxy) is 2. The highest BCUT2D eigenvalue weighted by Gasteiger charge is 2.23. The van der Waals surface area contributed by atoms with Gasteiger partial charge in [-0.05, 0) is 34.5 Å². The van der Waals surface area contributed by atoms with E-state index >= 15 is 0 Å². The van der Waals surface area contributed by atoms with Crippen molar-refractivity contribution in [2.45, 2.75) is 38.9 Å². The maximum absolute atomic E-state index is 13.5. The molecule has 19 heavy (non-hydrogen) atoms. The van der Waals surface area contributed by atoms with Crippen molar-refractivity contribution in [2.75, 3.05) is 13.2 Å². The maximum Gasteiger partial charge on any atom is 0.183 e. The van der Waals surface area contributed by atoms with Gasteiger partial charge in [0, 0.05) is 11.5 Å². The van der Waals surface area contributed by atoms with Crippen molar-refractivity contribution in [1.29, 1.82) is 0 Å². The Balaban J connectivity index is 1.84. The lowest BCUT2D eigenvalue weighted by Crippen LogP contribution is -2.27. The van der Waals surface area contributed by atoms with Gasteiger partial charge in [-0.2, -0.15) is 0 Å². The van der Waals surface area contributed by atoms with Gasteiger partial charge >= 0.3 is 0 Å². The summed E-state index contributed by atoms with van der Waals surface area (Å²) in [4.78, 5) is 0. The van der Waals surface area contributed by atoms with Crippen molar-refractivity contribution in [2.24, 2.45) is 5.92 Å². The molecule has 0 aromatic heterocycles. The molecule has 1 aliphatic heterocycles. The molecule has 4 heteroatoms. The number of rotatable bonds is 5. The monoisotopic (exact) mass is 330 g/mol. The molecule has 1 aromatic carbocycles. The Kier molecular flexibility index (Phi) is 5.79. The molecule has 0 amide bonds. The van der Waals surface area contributed by atoms with Crippen LogP contribution in [0.1, 0.15) is 44.5 Å². The third kappa shape index (κ3) is 4.26. The van der Waals surface area contributed by atoms with Crippen LogP contribution in [-0.2, 0) is 9.47 Å². The predicted molar refractivity (Wildman–Crippen MR) is 76.4 cm³/mol. The average Bonchev–Trinajstić information content (AvgIpc) is 2.43. The molecule has 0 radical (unpaired) electrons. The van der Waals surface area contributed by atoms with Crippen LogP contribution in [0.5, 0.6) is 0 Å². The molecule has 0 unspecified atom stereocenters. The molecule has 1 heterocycles.